The summed E-state index contributed by atoms with van der Waals surface area (Å²) >= 11 is 3.54. The Balaban J connectivity index is 2.53. The van der Waals surface area contributed by atoms with E-state index in [1.807, 2.05) is 67.5 Å². The lowest BCUT2D eigenvalue weighted by Gasteiger charge is -2.16. The van der Waals surface area contributed by atoms with Crippen LogP contribution in [0.1, 0.15) is 11.1 Å². The van der Waals surface area contributed by atoms with Gasteiger partial charge in [-0.05, 0) is 44.8 Å². The number of nitrogens with zero attached hydrogens (tertiary/aromatic N) is 1. The van der Waals surface area contributed by atoms with Crippen molar-refractivity contribution in [3.63, 3.8) is 0 Å². The molecule has 0 atom stereocenters. The fraction of sp³-hybridized carbons (Fsp3) is 0.118. The summed E-state index contributed by atoms with van der Waals surface area (Å²) < 4.78 is 0.928. The Bertz CT molecular complexity index is 678. The summed E-state index contributed by atoms with van der Waals surface area (Å²) in [6.45, 7) is 0. The summed E-state index contributed by atoms with van der Waals surface area (Å²) in [5, 5.41) is 9.12. The van der Waals surface area contributed by atoms with E-state index in [9.17, 15) is 4.79 Å². The molecule has 2 rings (SSSR count). The number of anilines is 1. The lowest BCUT2D eigenvalue weighted by Crippen LogP contribution is -2.09. The van der Waals surface area contributed by atoms with Crippen LogP contribution < -0.4 is 4.90 Å². The van der Waals surface area contributed by atoms with Gasteiger partial charge in [0.2, 0.25) is 0 Å². The fourth-order valence-corrected chi connectivity index (χ4v) is 2.85. The molecule has 0 heterocycles. The minimum Gasteiger partial charge on any atom is -0.478 e. The van der Waals surface area contributed by atoms with Crippen molar-refractivity contribution in [1.82, 2.24) is 0 Å². The van der Waals surface area contributed by atoms with Gasteiger partial charge < -0.3 is 10.0 Å². The van der Waals surface area contributed by atoms with Crippen molar-refractivity contribution >= 4 is 33.2 Å². The van der Waals surface area contributed by atoms with Crippen molar-refractivity contribution in [2.75, 3.05) is 19.0 Å². The first-order chi connectivity index (χ1) is 9.99. The number of halogens is 1. The van der Waals surface area contributed by atoms with E-state index in [-0.39, 0.29) is 0 Å². The van der Waals surface area contributed by atoms with Gasteiger partial charge >= 0.3 is 5.97 Å². The van der Waals surface area contributed by atoms with Gasteiger partial charge in [-0.1, -0.05) is 36.4 Å². The molecule has 2 aromatic carbocycles. The molecule has 0 aliphatic carbocycles. The predicted octanol–water partition coefficient (Wildman–Crippen LogP) is 4.03. The van der Waals surface area contributed by atoms with E-state index in [0.717, 1.165) is 21.3 Å². The van der Waals surface area contributed by atoms with Gasteiger partial charge in [0.15, 0.2) is 0 Å². The van der Waals surface area contributed by atoms with Gasteiger partial charge in [0, 0.05) is 24.6 Å². The number of aliphatic carboxylic acids is 1. The molecule has 0 fully saturated rings. The number of hydrogen-bond donors (Lipinski definition) is 1. The van der Waals surface area contributed by atoms with Crippen LogP contribution in [0.15, 0.2) is 59.1 Å². The Labute approximate surface area is 132 Å². The normalized spacial score (nSPS) is 11.3. The molecular weight excluding hydrogens is 330 g/mol. The maximum Gasteiger partial charge on any atom is 0.328 e. The van der Waals surface area contributed by atoms with Crippen LogP contribution in [-0.2, 0) is 4.79 Å². The summed E-state index contributed by atoms with van der Waals surface area (Å²) in [6.07, 6.45) is 1.24. The average molecular weight is 346 g/mol. The third-order valence-corrected chi connectivity index (χ3v) is 3.73. The smallest absolute Gasteiger partial charge is 0.328 e. The van der Waals surface area contributed by atoms with Crippen LogP contribution in [0, 0.1) is 0 Å². The standard InChI is InChI=1S/C17H16BrNO2/c1-19(2)16-9-8-13(10-15(16)18)14(11-17(20)21)12-6-4-3-5-7-12/h3-11H,1-2H3,(H,20,21). The lowest BCUT2D eigenvalue weighted by molar-refractivity contribution is -0.131. The van der Waals surface area contributed by atoms with Crippen LogP contribution in [0.25, 0.3) is 5.57 Å². The van der Waals surface area contributed by atoms with Gasteiger partial charge in [0.05, 0.1) is 5.69 Å². The predicted molar refractivity (Wildman–Crippen MR) is 89.6 cm³/mol. The van der Waals surface area contributed by atoms with E-state index in [2.05, 4.69) is 15.9 Å². The molecule has 0 saturated heterocycles. The van der Waals surface area contributed by atoms with Gasteiger partial charge in [0.1, 0.15) is 0 Å². The first kappa shape index (κ1) is 15.3. The molecule has 0 unspecified atom stereocenters. The van der Waals surface area contributed by atoms with E-state index in [4.69, 9.17) is 5.11 Å². The Morgan fingerprint density at radius 2 is 1.76 bits per heavy atom. The van der Waals surface area contributed by atoms with E-state index >= 15 is 0 Å². The fourth-order valence-electron chi connectivity index (χ4n) is 2.11. The van der Waals surface area contributed by atoms with Gasteiger partial charge in [-0.25, -0.2) is 4.79 Å². The van der Waals surface area contributed by atoms with Crippen LogP contribution >= 0.6 is 15.9 Å². The second-order valence-electron chi connectivity index (χ2n) is 4.82. The van der Waals surface area contributed by atoms with Crippen molar-refractivity contribution < 1.29 is 9.90 Å². The molecule has 3 nitrogen and oxygen atoms in total. The van der Waals surface area contributed by atoms with E-state index in [1.54, 1.807) is 0 Å². The number of carbonyl (C=O) groups is 1. The highest BCUT2D eigenvalue weighted by molar-refractivity contribution is 9.10. The molecule has 108 valence electrons. The third kappa shape index (κ3) is 3.73. The molecule has 0 radical (unpaired) electrons. The SMILES string of the molecule is CN(C)c1ccc(C(=CC(=O)O)c2ccccc2)cc1Br. The monoisotopic (exact) mass is 345 g/mol. The minimum absolute atomic E-state index is 0.689. The van der Waals surface area contributed by atoms with E-state index in [0.29, 0.717) is 5.57 Å². The zero-order chi connectivity index (χ0) is 15.4. The first-order valence-electron chi connectivity index (χ1n) is 6.46. The van der Waals surface area contributed by atoms with Crippen LogP contribution in [0.5, 0.6) is 0 Å². The van der Waals surface area contributed by atoms with Crippen molar-refractivity contribution in [3.05, 3.63) is 70.2 Å². The Morgan fingerprint density at radius 1 is 1.10 bits per heavy atom. The van der Waals surface area contributed by atoms with Crippen molar-refractivity contribution in [2.24, 2.45) is 0 Å². The molecular formula is C17H16BrNO2. The third-order valence-electron chi connectivity index (χ3n) is 3.09. The summed E-state index contributed by atoms with van der Waals surface area (Å²) in [5.74, 6) is -0.957. The zero-order valence-electron chi connectivity index (χ0n) is 11.9. The van der Waals surface area contributed by atoms with Gasteiger partial charge in [-0.15, -0.1) is 0 Å². The Hall–Kier alpha value is -2.07. The molecule has 0 aromatic heterocycles. The second kappa shape index (κ2) is 6.59. The molecule has 0 amide bonds. The molecule has 0 spiro atoms. The maximum atomic E-state index is 11.1. The lowest BCUT2D eigenvalue weighted by atomic mass is 9.97. The zero-order valence-corrected chi connectivity index (χ0v) is 13.5. The molecule has 4 heteroatoms. The number of carboxylic acids is 1. The highest BCUT2D eigenvalue weighted by atomic mass is 79.9. The summed E-state index contributed by atoms with van der Waals surface area (Å²) in [6, 6.07) is 15.4. The number of carboxylic acid groups (broad SMARTS) is 1. The molecule has 21 heavy (non-hydrogen) atoms. The maximum absolute atomic E-state index is 11.1. The number of hydrogen-bond acceptors (Lipinski definition) is 2. The summed E-state index contributed by atoms with van der Waals surface area (Å²) in [5.41, 5.74) is 3.47. The van der Waals surface area contributed by atoms with Crippen molar-refractivity contribution in [3.8, 4) is 0 Å². The molecule has 2 aromatic rings. The summed E-state index contributed by atoms with van der Waals surface area (Å²) in [7, 11) is 3.93. The molecule has 0 bridgehead atoms. The van der Waals surface area contributed by atoms with E-state index < -0.39 is 5.97 Å². The van der Waals surface area contributed by atoms with Crippen molar-refractivity contribution in [2.45, 2.75) is 0 Å². The van der Waals surface area contributed by atoms with Gasteiger partial charge in [-0.2, -0.15) is 0 Å². The number of benzene rings is 2. The Kier molecular flexibility index (Phi) is 4.81. The largest absolute Gasteiger partial charge is 0.478 e. The highest BCUT2D eigenvalue weighted by Crippen LogP contribution is 2.31. The minimum atomic E-state index is -0.957. The van der Waals surface area contributed by atoms with Gasteiger partial charge in [-0.3, -0.25) is 0 Å². The quantitative estimate of drug-likeness (QED) is 0.850. The van der Waals surface area contributed by atoms with Gasteiger partial charge in [0.25, 0.3) is 0 Å². The first-order valence-corrected chi connectivity index (χ1v) is 7.25. The average Bonchev–Trinajstić information content (AvgIpc) is 2.45. The van der Waals surface area contributed by atoms with E-state index in [1.165, 1.54) is 6.08 Å². The summed E-state index contributed by atoms with van der Waals surface area (Å²) in [4.78, 5) is 13.1. The second-order valence-corrected chi connectivity index (χ2v) is 5.68. The molecule has 0 aliphatic heterocycles. The van der Waals surface area contributed by atoms with Crippen LogP contribution in [0.4, 0.5) is 5.69 Å². The highest BCUT2D eigenvalue weighted by Gasteiger charge is 2.10. The topological polar surface area (TPSA) is 40.5 Å². The van der Waals surface area contributed by atoms with Crippen molar-refractivity contribution in [1.29, 1.82) is 0 Å². The molecule has 1 N–H and O–H groups in total. The van der Waals surface area contributed by atoms with Crippen LogP contribution in [-0.4, -0.2) is 25.2 Å². The van der Waals surface area contributed by atoms with Crippen LogP contribution in [0.3, 0.4) is 0 Å². The number of rotatable bonds is 4. The molecule has 0 saturated carbocycles. The van der Waals surface area contributed by atoms with Crippen LogP contribution in [0.2, 0.25) is 0 Å². The Morgan fingerprint density at radius 3 is 2.29 bits per heavy atom. The molecule has 0 aliphatic rings.